The molecule has 0 saturated heterocycles. The zero-order chi connectivity index (χ0) is 14.8. The summed E-state index contributed by atoms with van der Waals surface area (Å²) in [5, 5.41) is 4.83. The third kappa shape index (κ3) is 1.50. The molecule has 22 heavy (non-hydrogen) atoms. The zero-order valence-electron chi connectivity index (χ0n) is 12.8. The standard InChI is InChI=1S/C18H20N3O/c1-20-10-14-15-12-7-8-13(9-12)16(15)17(19-21(14)18(20)22)11-5-3-2-4-6-11/h2-6,12-13,15-16H,7-10H2,1H3/q+1. The van der Waals surface area contributed by atoms with Gasteiger partial charge in [-0.1, -0.05) is 40.1 Å². The molecule has 2 aliphatic heterocycles. The normalized spacial score (nSPS) is 35.8. The van der Waals surface area contributed by atoms with Crippen LogP contribution in [0.2, 0.25) is 0 Å². The summed E-state index contributed by atoms with van der Waals surface area (Å²) in [6.45, 7) is 0.759. The second-order valence-electron chi connectivity index (χ2n) is 7.18. The largest absolute Gasteiger partial charge is 0.519 e. The third-order valence-electron chi connectivity index (χ3n) is 6.07. The number of amides is 2. The molecule has 1 aromatic carbocycles. The van der Waals surface area contributed by atoms with Crippen LogP contribution in [0.15, 0.2) is 35.4 Å². The Balaban J connectivity index is 1.69. The van der Waals surface area contributed by atoms with Crippen LogP contribution < -0.4 is 0 Å². The summed E-state index contributed by atoms with van der Waals surface area (Å²) >= 11 is 0. The SMILES string of the molecule is CN1CC2=[N+](N=C(c3ccccc3)C3C4CCC(C4)C23)C1=O. The number of hydrogen-bond acceptors (Lipinski definition) is 2. The van der Waals surface area contributed by atoms with Crippen LogP contribution in [-0.4, -0.2) is 40.6 Å². The summed E-state index contributed by atoms with van der Waals surface area (Å²) in [6, 6.07) is 10.5. The molecule has 4 unspecified atom stereocenters. The van der Waals surface area contributed by atoms with Crippen molar-refractivity contribution in [1.82, 2.24) is 4.90 Å². The minimum Gasteiger partial charge on any atom is -0.219 e. The number of benzene rings is 1. The summed E-state index contributed by atoms with van der Waals surface area (Å²) in [6.07, 6.45) is 3.97. The van der Waals surface area contributed by atoms with Crippen molar-refractivity contribution in [3.63, 3.8) is 0 Å². The van der Waals surface area contributed by atoms with Gasteiger partial charge < -0.3 is 0 Å². The van der Waals surface area contributed by atoms with E-state index in [1.54, 1.807) is 9.58 Å². The minimum atomic E-state index is 0.0321. The first-order valence-corrected chi connectivity index (χ1v) is 8.29. The molecular formula is C18H20N3O+. The molecule has 1 aromatic rings. The van der Waals surface area contributed by atoms with Crippen molar-refractivity contribution in [2.45, 2.75) is 19.3 Å². The number of hydrazone groups is 1. The highest BCUT2D eigenvalue weighted by molar-refractivity contribution is 6.08. The molecular weight excluding hydrogens is 274 g/mol. The van der Waals surface area contributed by atoms with E-state index in [1.807, 2.05) is 13.1 Å². The molecule has 2 saturated carbocycles. The van der Waals surface area contributed by atoms with Gasteiger partial charge in [0.1, 0.15) is 6.54 Å². The van der Waals surface area contributed by atoms with Gasteiger partial charge in [0.15, 0.2) is 5.71 Å². The molecule has 2 heterocycles. The highest BCUT2D eigenvalue weighted by Crippen LogP contribution is 2.55. The highest BCUT2D eigenvalue weighted by atomic mass is 16.2. The number of hydrogen-bond donors (Lipinski definition) is 0. The average molecular weight is 294 g/mol. The number of rotatable bonds is 1. The monoisotopic (exact) mass is 294 g/mol. The minimum absolute atomic E-state index is 0.0321. The maximum atomic E-state index is 12.4. The lowest BCUT2D eigenvalue weighted by atomic mass is 9.72. The summed E-state index contributed by atoms with van der Waals surface area (Å²) in [5.41, 5.74) is 3.58. The van der Waals surface area contributed by atoms with E-state index in [0.717, 1.165) is 24.1 Å². The predicted octanol–water partition coefficient (Wildman–Crippen LogP) is 2.59. The molecule has 0 N–H and O–H groups in total. The topological polar surface area (TPSA) is 35.7 Å². The molecule has 4 aliphatic rings. The molecule has 5 rings (SSSR count). The molecule has 4 heteroatoms. The van der Waals surface area contributed by atoms with Crippen molar-refractivity contribution in [2.75, 3.05) is 13.6 Å². The lowest BCUT2D eigenvalue weighted by Gasteiger charge is -2.32. The van der Waals surface area contributed by atoms with Crippen molar-refractivity contribution in [1.29, 1.82) is 0 Å². The Morgan fingerprint density at radius 3 is 2.64 bits per heavy atom. The maximum absolute atomic E-state index is 12.4. The second-order valence-corrected chi connectivity index (χ2v) is 7.18. The van der Waals surface area contributed by atoms with Crippen LogP contribution >= 0.6 is 0 Å². The van der Waals surface area contributed by atoms with Crippen LogP contribution in [-0.2, 0) is 0 Å². The van der Waals surface area contributed by atoms with E-state index in [1.165, 1.54) is 30.5 Å². The van der Waals surface area contributed by atoms with Crippen LogP contribution in [0.4, 0.5) is 4.79 Å². The molecule has 4 nitrogen and oxygen atoms in total. The molecule has 112 valence electrons. The van der Waals surface area contributed by atoms with Gasteiger partial charge in [-0.15, -0.1) is 0 Å². The fourth-order valence-electron chi connectivity index (χ4n) is 5.21. The average Bonchev–Trinajstić information content (AvgIpc) is 3.23. The van der Waals surface area contributed by atoms with Crippen molar-refractivity contribution in [2.24, 2.45) is 28.8 Å². The Hall–Kier alpha value is -1.97. The first-order valence-electron chi connectivity index (χ1n) is 8.29. The summed E-state index contributed by atoms with van der Waals surface area (Å²) in [5.74, 6) is 2.55. The second kappa shape index (κ2) is 4.28. The van der Waals surface area contributed by atoms with Gasteiger partial charge in [0, 0.05) is 17.4 Å². The van der Waals surface area contributed by atoms with Crippen LogP contribution in [0.3, 0.4) is 0 Å². The number of carbonyl (C=O) groups is 1. The number of nitrogens with zero attached hydrogens (tertiary/aromatic N) is 3. The van der Waals surface area contributed by atoms with Crippen LogP contribution in [0.5, 0.6) is 0 Å². The lowest BCUT2D eigenvalue weighted by molar-refractivity contribution is -0.437. The lowest BCUT2D eigenvalue weighted by Crippen LogP contribution is -2.42. The van der Waals surface area contributed by atoms with Crippen LogP contribution in [0, 0.1) is 23.7 Å². The van der Waals surface area contributed by atoms with E-state index in [-0.39, 0.29) is 6.03 Å². The summed E-state index contributed by atoms with van der Waals surface area (Å²) in [4.78, 5) is 14.2. The van der Waals surface area contributed by atoms with Crippen LogP contribution in [0.1, 0.15) is 24.8 Å². The first-order chi connectivity index (χ1) is 10.7. The molecule has 2 amide bonds. The quantitative estimate of drug-likeness (QED) is 0.733. The van der Waals surface area contributed by atoms with Gasteiger partial charge in [0.25, 0.3) is 0 Å². The third-order valence-corrected chi connectivity index (χ3v) is 6.07. The van der Waals surface area contributed by atoms with E-state index in [2.05, 4.69) is 24.3 Å². The Morgan fingerprint density at radius 2 is 1.86 bits per heavy atom. The number of fused-ring (bicyclic) bond motifs is 6. The zero-order valence-corrected chi connectivity index (χ0v) is 12.8. The Bertz CT molecular complexity index is 721. The van der Waals surface area contributed by atoms with Crippen molar-refractivity contribution in [3.8, 4) is 0 Å². The van der Waals surface area contributed by atoms with E-state index in [4.69, 9.17) is 5.10 Å². The van der Waals surface area contributed by atoms with Crippen molar-refractivity contribution < 1.29 is 9.48 Å². The number of carbonyl (C=O) groups excluding carboxylic acids is 1. The molecule has 2 fully saturated rings. The molecule has 0 aromatic heterocycles. The Kier molecular flexibility index (Phi) is 2.44. The molecule has 0 spiro atoms. The van der Waals surface area contributed by atoms with Crippen LogP contribution in [0.25, 0.3) is 0 Å². The van der Waals surface area contributed by atoms with Gasteiger partial charge in [-0.25, -0.2) is 4.90 Å². The first kappa shape index (κ1) is 12.6. The fraction of sp³-hybridized carbons (Fsp3) is 0.500. The van der Waals surface area contributed by atoms with Gasteiger partial charge >= 0.3 is 6.03 Å². The molecule has 2 bridgehead atoms. The maximum Gasteiger partial charge on any atom is 0.519 e. The Morgan fingerprint density at radius 1 is 1.14 bits per heavy atom. The number of urea groups is 1. The highest BCUT2D eigenvalue weighted by Gasteiger charge is 2.58. The predicted molar refractivity (Wildman–Crippen MR) is 84.1 cm³/mol. The Labute approximate surface area is 130 Å². The van der Waals surface area contributed by atoms with E-state index < -0.39 is 0 Å². The van der Waals surface area contributed by atoms with E-state index >= 15 is 0 Å². The van der Waals surface area contributed by atoms with Gasteiger partial charge in [-0.05, 0) is 31.1 Å². The smallest absolute Gasteiger partial charge is 0.219 e. The van der Waals surface area contributed by atoms with E-state index in [9.17, 15) is 4.79 Å². The van der Waals surface area contributed by atoms with Gasteiger partial charge in [-0.2, -0.15) is 4.79 Å². The molecule has 4 atom stereocenters. The summed E-state index contributed by atoms with van der Waals surface area (Å²) < 4.78 is 1.71. The van der Waals surface area contributed by atoms with Crippen molar-refractivity contribution >= 4 is 17.5 Å². The van der Waals surface area contributed by atoms with Gasteiger partial charge in [0.2, 0.25) is 0 Å². The van der Waals surface area contributed by atoms with Crippen molar-refractivity contribution in [3.05, 3.63) is 35.9 Å². The molecule has 2 aliphatic carbocycles. The van der Waals surface area contributed by atoms with Gasteiger partial charge in [-0.3, -0.25) is 0 Å². The fourth-order valence-corrected chi connectivity index (χ4v) is 5.21. The molecule has 0 radical (unpaired) electrons. The van der Waals surface area contributed by atoms with Gasteiger partial charge in [0.05, 0.1) is 12.8 Å². The van der Waals surface area contributed by atoms with E-state index in [0.29, 0.717) is 11.8 Å². The summed E-state index contributed by atoms with van der Waals surface area (Å²) in [7, 11) is 1.88.